The van der Waals surface area contributed by atoms with Crippen LogP contribution in [0.4, 0.5) is 0 Å². The predicted molar refractivity (Wildman–Crippen MR) is 63.5 cm³/mol. The zero-order valence-electron chi connectivity index (χ0n) is 7.14. The van der Waals surface area contributed by atoms with E-state index in [4.69, 9.17) is 46.4 Å². The Balaban J connectivity index is 0.00000128. The number of cyclic esters (lactones) is 2. The van der Waals surface area contributed by atoms with Crippen molar-refractivity contribution in [1.82, 2.24) is 0 Å². The Morgan fingerprint density at radius 1 is 0.688 bits per heavy atom. The molecule has 1 aliphatic heterocycles. The number of esters is 2. The molecule has 8 heteroatoms. The largest absolute Gasteiger partial charge is 0.386 e. The number of fused-ring (bicyclic) bond motifs is 1. The van der Waals surface area contributed by atoms with Crippen LogP contribution < -0.4 is 0 Å². The van der Waals surface area contributed by atoms with Crippen molar-refractivity contribution in [3.8, 4) is 0 Å². The molecule has 0 aliphatic carbocycles. The third-order valence-electron chi connectivity index (χ3n) is 1.86. The third-order valence-corrected chi connectivity index (χ3v) is 3.66. The van der Waals surface area contributed by atoms with Crippen molar-refractivity contribution in [2.75, 3.05) is 0 Å². The first kappa shape index (κ1) is 13.9. The van der Waals surface area contributed by atoms with Crippen LogP contribution in [0.25, 0.3) is 0 Å². The summed E-state index contributed by atoms with van der Waals surface area (Å²) in [6.45, 7) is 0. The van der Waals surface area contributed by atoms with Crippen LogP contribution in [-0.4, -0.2) is 11.9 Å². The van der Waals surface area contributed by atoms with Gasteiger partial charge in [-0.15, -0.1) is 12.4 Å². The van der Waals surface area contributed by atoms with Crippen LogP contribution in [0.2, 0.25) is 20.1 Å². The van der Waals surface area contributed by atoms with Gasteiger partial charge in [0.1, 0.15) is 0 Å². The van der Waals surface area contributed by atoms with Crippen LogP contribution in [0.3, 0.4) is 0 Å². The van der Waals surface area contributed by atoms with Crippen LogP contribution >= 0.6 is 58.8 Å². The first-order valence-electron chi connectivity index (χ1n) is 3.57. The standard InChI is InChI=1S/C8Cl4O3.ClH/c9-3-1-2(8(14)15-7(1)13)4(10)6(12)5(3)11;/h;1H. The molecule has 1 aromatic carbocycles. The molecule has 0 bridgehead atoms. The molecular formula is C8HCl5O3. The minimum Gasteiger partial charge on any atom is -0.386 e. The van der Waals surface area contributed by atoms with Gasteiger partial charge in [-0.25, -0.2) is 9.59 Å². The molecule has 0 amide bonds. The smallest absolute Gasteiger partial charge is 0.348 e. The van der Waals surface area contributed by atoms with E-state index in [1.165, 1.54) is 0 Å². The number of ether oxygens (including phenoxy) is 1. The molecule has 16 heavy (non-hydrogen) atoms. The molecule has 1 aromatic rings. The molecule has 1 heterocycles. The summed E-state index contributed by atoms with van der Waals surface area (Å²) in [6, 6.07) is 0. The number of rotatable bonds is 0. The lowest BCUT2D eigenvalue weighted by molar-refractivity contribution is 0.0444. The van der Waals surface area contributed by atoms with Crippen molar-refractivity contribution in [3.63, 3.8) is 0 Å². The topological polar surface area (TPSA) is 43.4 Å². The Morgan fingerprint density at radius 3 is 1.31 bits per heavy atom. The number of halogens is 5. The molecule has 0 atom stereocenters. The lowest BCUT2D eigenvalue weighted by Gasteiger charge is -2.04. The van der Waals surface area contributed by atoms with E-state index in [9.17, 15) is 9.59 Å². The molecule has 1 aliphatic rings. The van der Waals surface area contributed by atoms with E-state index in [1.807, 2.05) is 0 Å². The van der Waals surface area contributed by atoms with Gasteiger partial charge in [0.2, 0.25) is 0 Å². The summed E-state index contributed by atoms with van der Waals surface area (Å²) in [6.07, 6.45) is 0. The van der Waals surface area contributed by atoms with Gasteiger partial charge >= 0.3 is 11.9 Å². The lowest BCUT2D eigenvalue weighted by atomic mass is 10.1. The van der Waals surface area contributed by atoms with E-state index in [0.29, 0.717) is 0 Å². The quantitative estimate of drug-likeness (QED) is 0.313. The van der Waals surface area contributed by atoms with Crippen molar-refractivity contribution >= 4 is 70.7 Å². The fourth-order valence-electron chi connectivity index (χ4n) is 1.20. The van der Waals surface area contributed by atoms with Crippen LogP contribution in [-0.2, 0) is 4.74 Å². The second kappa shape index (κ2) is 4.59. The molecule has 0 unspecified atom stereocenters. The van der Waals surface area contributed by atoms with Crippen molar-refractivity contribution in [2.24, 2.45) is 0 Å². The second-order valence-electron chi connectivity index (χ2n) is 2.68. The van der Waals surface area contributed by atoms with Gasteiger partial charge in [0.05, 0.1) is 31.2 Å². The number of hydrogen-bond acceptors (Lipinski definition) is 3. The summed E-state index contributed by atoms with van der Waals surface area (Å²) in [5.74, 6) is -1.75. The van der Waals surface area contributed by atoms with E-state index < -0.39 is 11.9 Å². The monoisotopic (exact) mass is 320 g/mol. The Hall–Kier alpha value is -0.190. The Bertz CT molecular complexity index is 466. The van der Waals surface area contributed by atoms with E-state index in [1.54, 1.807) is 0 Å². The van der Waals surface area contributed by atoms with Gasteiger partial charge in [0.25, 0.3) is 0 Å². The van der Waals surface area contributed by atoms with Crippen molar-refractivity contribution in [1.29, 1.82) is 0 Å². The highest BCUT2D eigenvalue weighted by Gasteiger charge is 2.37. The summed E-state index contributed by atoms with van der Waals surface area (Å²) in [5, 5.41) is -0.406. The van der Waals surface area contributed by atoms with Gasteiger partial charge in [0.15, 0.2) is 0 Å². The molecule has 0 fully saturated rings. The molecule has 0 N–H and O–H groups in total. The first-order chi connectivity index (χ1) is 6.95. The van der Waals surface area contributed by atoms with Crippen molar-refractivity contribution in [3.05, 3.63) is 31.2 Å². The van der Waals surface area contributed by atoms with E-state index >= 15 is 0 Å². The molecule has 0 spiro atoms. The van der Waals surface area contributed by atoms with E-state index in [2.05, 4.69) is 4.74 Å². The zero-order chi connectivity index (χ0) is 11.3. The molecular weight excluding hydrogens is 321 g/mol. The maximum absolute atomic E-state index is 11.2. The van der Waals surface area contributed by atoms with Crippen LogP contribution in [0.5, 0.6) is 0 Å². The van der Waals surface area contributed by atoms with Gasteiger partial charge in [-0.3, -0.25) is 0 Å². The highest BCUT2D eigenvalue weighted by molar-refractivity contribution is 6.54. The van der Waals surface area contributed by atoms with Crippen LogP contribution in [0, 0.1) is 0 Å². The number of hydrogen-bond donors (Lipinski definition) is 0. The second-order valence-corrected chi connectivity index (χ2v) is 4.19. The van der Waals surface area contributed by atoms with Crippen LogP contribution in [0.1, 0.15) is 20.7 Å². The SMILES string of the molecule is Cl.O=C1OC(=O)c2c(Cl)c(Cl)c(Cl)c(Cl)c21. The maximum atomic E-state index is 11.2. The van der Waals surface area contributed by atoms with Gasteiger partial charge in [0, 0.05) is 0 Å². The normalized spacial score (nSPS) is 13.2. The van der Waals surface area contributed by atoms with Gasteiger partial charge in [-0.1, -0.05) is 46.4 Å². The van der Waals surface area contributed by atoms with Crippen molar-refractivity contribution in [2.45, 2.75) is 0 Å². The highest BCUT2D eigenvalue weighted by atomic mass is 35.5. The van der Waals surface area contributed by atoms with Gasteiger partial charge in [-0.2, -0.15) is 0 Å². The summed E-state index contributed by atoms with van der Waals surface area (Å²) in [5.41, 5.74) is -0.276. The molecule has 3 nitrogen and oxygen atoms in total. The Labute approximate surface area is 116 Å². The van der Waals surface area contributed by atoms with Gasteiger partial charge in [-0.05, 0) is 0 Å². The van der Waals surface area contributed by atoms with Gasteiger partial charge < -0.3 is 4.74 Å². The lowest BCUT2D eigenvalue weighted by Crippen LogP contribution is -1.97. The van der Waals surface area contributed by atoms with Crippen molar-refractivity contribution < 1.29 is 14.3 Å². The number of carbonyl (C=O) groups is 2. The van der Waals surface area contributed by atoms with E-state index in [-0.39, 0.29) is 43.6 Å². The van der Waals surface area contributed by atoms with E-state index in [0.717, 1.165) is 0 Å². The van der Waals surface area contributed by atoms with Crippen LogP contribution in [0.15, 0.2) is 0 Å². The number of carbonyl (C=O) groups excluding carboxylic acids is 2. The maximum Gasteiger partial charge on any atom is 0.348 e. The summed E-state index contributed by atoms with van der Waals surface area (Å²) in [4.78, 5) is 22.4. The predicted octanol–water partition coefficient (Wildman–Crippen LogP) is 4.03. The highest BCUT2D eigenvalue weighted by Crippen LogP contribution is 2.43. The Kier molecular flexibility index (Phi) is 3.98. The molecule has 0 radical (unpaired) electrons. The molecule has 0 saturated heterocycles. The Morgan fingerprint density at radius 2 is 1.00 bits per heavy atom. The fourth-order valence-corrected chi connectivity index (χ4v) is 2.21. The molecule has 0 aromatic heterocycles. The zero-order valence-corrected chi connectivity index (χ0v) is 11.0. The first-order valence-corrected chi connectivity index (χ1v) is 5.08. The fraction of sp³-hybridized carbons (Fsp3) is 0. The minimum absolute atomic E-state index is 0. The molecule has 86 valence electrons. The summed E-state index contributed by atoms with van der Waals surface area (Å²) >= 11 is 22.9. The molecule has 2 rings (SSSR count). The molecule has 0 saturated carbocycles. The minimum atomic E-state index is -0.875. The average molecular weight is 322 g/mol. The third kappa shape index (κ3) is 1.77. The summed E-state index contributed by atoms with van der Waals surface area (Å²) < 4.78 is 4.34. The average Bonchev–Trinajstić information content (AvgIpc) is 2.47. The summed E-state index contributed by atoms with van der Waals surface area (Å²) in [7, 11) is 0. The number of benzene rings is 1.